The first-order valence-electron chi connectivity index (χ1n) is 9.98. The Kier molecular flexibility index (Phi) is 4.51. The highest BCUT2D eigenvalue weighted by atomic mass is 32.1. The van der Waals surface area contributed by atoms with Crippen molar-refractivity contribution >= 4 is 27.5 Å². The van der Waals surface area contributed by atoms with Crippen LogP contribution in [0.4, 0.5) is 0 Å². The topological polar surface area (TPSA) is 66.1 Å². The summed E-state index contributed by atoms with van der Waals surface area (Å²) in [6.45, 7) is 0.877. The lowest BCUT2D eigenvalue weighted by molar-refractivity contribution is -0.138. The number of hydrogen-bond acceptors (Lipinski definition) is 4. The lowest BCUT2D eigenvalue weighted by atomic mass is 9.88. The van der Waals surface area contributed by atoms with Crippen molar-refractivity contribution in [2.45, 2.75) is 38.8 Å². The van der Waals surface area contributed by atoms with Gasteiger partial charge in [0.2, 0.25) is 5.91 Å². The molecule has 0 radical (unpaired) electrons. The van der Waals surface area contributed by atoms with E-state index in [2.05, 4.69) is 9.97 Å². The van der Waals surface area contributed by atoms with Gasteiger partial charge in [-0.1, -0.05) is 43.2 Å². The fourth-order valence-corrected chi connectivity index (χ4v) is 5.37. The van der Waals surface area contributed by atoms with Gasteiger partial charge in [0.1, 0.15) is 10.5 Å². The molecule has 2 aliphatic rings. The molecule has 1 amide bonds. The third-order valence-electron chi connectivity index (χ3n) is 6.13. The Morgan fingerprint density at radius 2 is 2.04 bits per heavy atom. The van der Waals surface area contributed by atoms with Crippen LogP contribution in [0.3, 0.4) is 0 Å². The van der Waals surface area contributed by atoms with Crippen LogP contribution in [-0.4, -0.2) is 20.8 Å². The largest absolute Gasteiger partial charge is 0.331 e. The van der Waals surface area contributed by atoms with Gasteiger partial charge in [-0.25, -0.2) is 4.98 Å². The van der Waals surface area contributed by atoms with Crippen molar-refractivity contribution in [1.82, 2.24) is 14.9 Å². The number of nitrogens with one attached hydrogen (secondary N) is 1. The molecule has 5 nitrogen and oxygen atoms in total. The molecule has 6 heteroatoms. The van der Waals surface area contributed by atoms with Crippen LogP contribution in [-0.2, 0) is 17.9 Å². The Morgan fingerprint density at radius 1 is 1.18 bits per heavy atom. The van der Waals surface area contributed by atoms with E-state index in [0.29, 0.717) is 35.0 Å². The van der Waals surface area contributed by atoms with Crippen molar-refractivity contribution in [3.05, 3.63) is 63.5 Å². The molecule has 0 spiro atoms. The number of benzene rings is 1. The van der Waals surface area contributed by atoms with Crippen LogP contribution >= 0.6 is 11.3 Å². The van der Waals surface area contributed by atoms with Gasteiger partial charge in [0.15, 0.2) is 0 Å². The molecule has 2 heterocycles. The number of aromatic amines is 1. The summed E-state index contributed by atoms with van der Waals surface area (Å²) in [5.41, 5.74) is 1.68. The smallest absolute Gasteiger partial charge is 0.268 e. The molecule has 28 heavy (non-hydrogen) atoms. The average molecular weight is 394 g/mol. The van der Waals surface area contributed by atoms with Crippen molar-refractivity contribution in [3.8, 4) is 0 Å². The van der Waals surface area contributed by atoms with Gasteiger partial charge in [0.05, 0.1) is 12.1 Å². The Labute approximate surface area is 167 Å². The first-order valence-corrected chi connectivity index (χ1v) is 10.9. The maximum Gasteiger partial charge on any atom is 0.268 e. The number of rotatable bonds is 5. The second-order valence-electron chi connectivity index (χ2n) is 8.02. The predicted molar refractivity (Wildman–Crippen MR) is 110 cm³/mol. The van der Waals surface area contributed by atoms with E-state index in [-0.39, 0.29) is 17.4 Å². The van der Waals surface area contributed by atoms with Crippen LogP contribution in [0.2, 0.25) is 0 Å². The fourth-order valence-electron chi connectivity index (χ4n) is 4.64. The number of amides is 1. The van der Waals surface area contributed by atoms with Gasteiger partial charge in [-0.3, -0.25) is 9.59 Å². The zero-order valence-corrected chi connectivity index (χ0v) is 16.5. The molecule has 5 rings (SSSR count). The van der Waals surface area contributed by atoms with Crippen LogP contribution in [0.15, 0.2) is 46.6 Å². The predicted octanol–water partition coefficient (Wildman–Crippen LogP) is 3.95. The van der Waals surface area contributed by atoms with Crippen LogP contribution in [0.1, 0.15) is 37.1 Å². The number of thiophene rings is 1. The summed E-state index contributed by atoms with van der Waals surface area (Å²) in [6, 6.07) is 11.9. The molecule has 2 aromatic heterocycles. The van der Waals surface area contributed by atoms with E-state index in [1.807, 2.05) is 46.7 Å². The molecule has 144 valence electrons. The summed E-state index contributed by atoms with van der Waals surface area (Å²) in [5, 5.41) is 1.87. The maximum atomic E-state index is 13.5. The number of fused-ring (bicyclic) bond motifs is 2. The van der Waals surface area contributed by atoms with Crippen LogP contribution in [0, 0.1) is 17.8 Å². The van der Waals surface area contributed by atoms with Gasteiger partial charge >= 0.3 is 0 Å². The maximum absolute atomic E-state index is 13.5. The molecule has 0 aliphatic heterocycles. The van der Waals surface area contributed by atoms with Gasteiger partial charge in [-0.15, -0.1) is 11.3 Å². The van der Waals surface area contributed by atoms with Gasteiger partial charge in [-0.2, -0.15) is 0 Å². The molecular weight excluding hydrogens is 370 g/mol. The van der Waals surface area contributed by atoms with E-state index in [0.717, 1.165) is 24.3 Å². The fraction of sp³-hybridized carbons (Fsp3) is 0.409. The average Bonchev–Trinajstić information content (AvgIpc) is 3.35. The number of hydrogen-bond donors (Lipinski definition) is 1. The van der Waals surface area contributed by atoms with Crippen molar-refractivity contribution < 1.29 is 4.79 Å². The normalized spacial score (nSPS) is 23.4. The van der Waals surface area contributed by atoms with Gasteiger partial charge < -0.3 is 9.88 Å². The highest BCUT2D eigenvalue weighted by Crippen LogP contribution is 2.53. The number of aromatic nitrogens is 2. The summed E-state index contributed by atoms with van der Waals surface area (Å²) in [7, 11) is 0. The molecule has 0 saturated heterocycles. The third-order valence-corrected chi connectivity index (χ3v) is 7.04. The molecular formula is C22H23N3O2S. The minimum atomic E-state index is -0.123. The van der Waals surface area contributed by atoms with E-state index >= 15 is 0 Å². The number of H-pyrrole nitrogens is 1. The molecule has 2 fully saturated rings. The van der Waals surface area contributed by atoms with Crippen molar-refractivity contribution in [1.29, 1.82) is 0 Å². The van der Waals surface area contributed by atoms with E-state index in [1.54, 1.807) is 0 Å². The van der Waals surface area contributed by atoms with Gasteiger partial charge in [-0.05, 0) is 41.7 Å². The summed E-state index contributed by atoms with van der Waals surface area (Å²) >= 11 is 1.39. The monoisotopic (exact) mass is 393 g/mol. The molecule has 1 N–H and O–H groups in total. The highest BCUT2D eigenvalue weighted by Gasteiger charge is 2.48. The minimum absolute atomic E-state index is 0.123. The van der Waals surface area contributed by atoms with Crippen molar-refractivity contribution in [2.24, 2.45) is 17.8 Å². The summed E-state index contributed by atoms with van der Waals surface area (Å²) in [4.78, 5) is 35.2. The molecule has 3 unspecified atom stereocenters. The SMILES string of the molecule is O=C(C1CCCC2CC21)N(Cc1ccccc1)Cc1nc2ccsc2c(=O)[nH]1. The Balaban J connectivity index is 1.44. The lowest BCUT2D eigenvalue weighted by Crippen LogP contribution is -2.38. The third kappa shape index (κ3) is 3.37. The van der Waals surface area contributed by atoms with E-state index in [1.165, 1.54) is 24.2 Å². The number of carbonyl (C=O) groups excluding carboxylic acids is 1. The molecule has 2 aliphatic carbocycles. The molecule has 2 saturated carbocycles. The van der Waals surface area contributed by atoms with Crippen LogP contribution < -0.4 is 5.56 Å². The molecule has 3 aromatic rings. The molecule has 1 aromatic carbocycles. The van der Waals surface area contributed by atoms with Crippen molar-refractivity contribution in [3.63, 3.8) is 0 Å². The summed E-state index contributed by atoms with van der Waals surface area (Å²) < 4.78 is 0.637. The van der Waals surface area contributed by atoms with Crippen molar-refractivity contribution in [2.75, 3.05) is 0 Å². The Hall–Kier alpha value is -2.47. The standard InChI is InChI=1S/C22H23N3O2S/c26-21-20-18(9-10-28-20)23-19(24-21)13-25(12-14-5-2-1-3-6-14)22(27)16-8-4-7-15-11-17(15)16/h1-3,5-6,9-10,15-17H,4,7-8,11-13H2,(H,23,24,26). The van der Waals surface area contributed by atoms with Crippen LogP contribution in [0.25, 0.3) is 10.2 Å². The van der Waals surface area contributed by atoms with E-state index < -0.39 is 0 Å². The first-order chi connectivity index (χ1) is 13.7. The van der Waals surface area contributed by atoms with Gasteiger partial charge in [0, 0.05) is 12.5 Å². The second-order valence-corrected chi connectivity index (χ2v) is 8.94. The minimum Gasteiger partial charge on any atom is -0.331 e. The number of nitrogens with zero attached hydrogens (tertiary/aromatic N) is 2. The Morgan fingerprint density at radius 3 is 2.89 bits per heavy atom. The molecule has 0 bridgehead atoms. The molecule has 3 atom stereocenters. The summed E-state index contributed by atoms with van der Waals surface area (Å²) in [6.07, 6.45) is 4.61. The Bertz CT molecular complexity index is 1060. The van der Waals surface area contributed by atoms with E-state index in [9.17, 15) is 9.59 Å². The first kappa shape index (κ1) is 17.6. The highest BCUT2D eigenvalue weighted by molar-refractivity contribution is 7.17. The zero-order valence-electron chi connectivity index (χ0n) is 15.6. The quantitative estimate of drug-likeness (QED) is 0.714. The lowest BCUT2D eigenvalue weighted by Gasteiger charge is -2.29. The second kappa shape index (κ2) is 7.17. The van der Waals surface area contributed by atoms with Crippen LogP contribution in [0.5, 0.6) is 0 Å². The van der Waals surface area contributed by atoms with Gasteiger partial charge in [0.25, 0.3) is 5.56 Å². The zero-order chi connectivity index (χ0) is 19.1. The summed E-state index contributed by atoms with van der Waals surface area (Å²) in [5.74, 6) is 2.21. The van der Waals surface area contributed by atoms with E-state index in [4.69, 9.17) is 0 Å². The number of carbonyl (C=O) groups is 1.